The summed E-state index contributed by atoms with van der Waals surface area (Å²) in [6.45, 7) is 2.03. The number of nitrogens with one attached hydrogen (secondary N) is 1. The van der Waals surface area contributed by atoms with E-state index in [2.05, 4.69) is 34.5 Å². The van der Waals surface area contributed by atoms with Gasteiger partial charge >= 0.3 is 0 Å². The zero-order chi connectivity index (χ0) is 13.9. The van der Waals surface area contributed by atoms with Gasteiger partial charge in [-0.15, -0.1) is 0 Å². The van der Waals surface area contributed by atoms with Gasteiger partial charge in [-0.1, -0.05) is 41.4 Å². The largest absolute Gasteiger partial charge is 0.337 e. The van der Waals surface area contributed by atoms with Crippen LogP contribution in [0, 0.1) is 0 Å². The van der Waals surface area contributed by atoms with Crippen molar-refractivity contribution in [2.24, 2.45) is 0 Å². The quantitative estimate of drug-likeness (QED) is 0.898. The molecule has 0 bridgehead atoms. The number of hydrogen-bond donors (Lipinski definition) is 1. The van der Waals surface area contributed by atoms with Crippen molar-refractivity contribution in [1.29, 1.82) is 0 Å². The minimum absolute atomic E-state index is 0.439. The van der Waals surface area contributed by atoms with Gasteiger partial charge in [-0.2, -0.15) is 0 Å². The van der Waals surface area contributed by atoms with Crippen molar-refractivity contribution in [2.75, 3.05) is 18.0 Å². The number of hydrogen-bond acceptors (Lipinski definition) is 2. The van der Waals surface area contributed by atoms with Crippen molar-refractivity contribution in [3.05, 3.63) is 58.6 Å². The van der Waals surface area contributed by atoms with Gasteiger partial charge in [0.15, 0.2) is 0 Å². The highest BCUT2D eigenvalue weighted by Crippen LogP contribution is 2.34. The molecule has 3 rings (SSSR count). The Hall–Kier alpha value is -1.22. The molecule has 0 saturated carbocycles. The van der Waals surface area contributed by atoms with E-state index in [9.17, 15) is 0 Å². The standard InChI is InChI=1S/C16H16Cl2N2/c17-15-7-6-13(10-16(15)18)20(14-8-9-19-11-14)12-4-2-1-3-5-12/h1-7,10,14,19H,8-9,11H2/t14-/m0/s1. The molecular weight excluding hydrogens is 291 g/mol. The molecule has 1 N–H and O–H groups in total. The minimum Gasteiger partial charge on any atom is -0.337 e. The summed E-state index contributed by atoms with van der Waals surface area (Å²) in [5.41, 5.74) is 2.26. The molecule has 1 atom stereocenters. The van der Waals surface area contributed by atoms with Gasteiger partial charge in [-0.3, -0.25) is 0 Å². The summed E-state index contributed by atoms with van der Waals surface area (Å²) in [5, 5.41) is 4.60. The molecule has 0 aliphatic carbocycles. The summed E-state index contributed by atoms with van der Waals surface area (Å²) >= 11 is 12.2. The molecule has 0 unspecified atom stereocenters. The average Bonchev–Trinajstić information content (AvgIpc) is 2.98. The lowest BCUT2D eigenvalue weighted by Gasteiger charge is -2.31. The van der Waals surface area contributed by atoms with E-state index in [0.29, 0.717) is 16.1 Å². The lowest BCUT2D eigenvalue weighted by molar-refractivity contribution is 0.712. The van der Waals surface area contributed by atoms with Crippen LogP contribution in [0.2, 0.25) is 10.0 Å². The third-order valence-electron chi connectivity index (χ3n) is 3.62. The predicted molar refractivity (Wildman–Crippen MR) is 86.3 cm³/mol. The Morgan fingerprint density at radius 3 is 2.40 bits per heavy atom. The van der Waals surface area contributed by atoms with E-state index in [1.165, 1.54) is 5.69 Å². The Labute approximate surface area is 129 Å². The van der Waals surface area contributed by atoms with Gasteiger partial charge in [0.1, 0.15) is 0 Å². The zero-order valence-corrected chi connectivity index (χ0v) is 12.5. The van der Waals surface area contributed by atoms with Crippen molar-refractivity contribution >= 4 is 34.6 Å². The number of para-hydroxylation sites is 1. The highest BCUT2D eigenvalue weighted by atomic mass is 35.5. The van der Waals surface area contributed by atoms with Gasteiger partial charge in [0.2, 0.25) is 0 Å². The molecule has 0 radical (unpaired) electrons. The van der Waals surface area contributed by atoms with Crippen molar-refractivity contribution < 1.29 is 0 Å². The fourth-order valence-corrected chi connectivity index (χ4v) is 2.95. The molecule has 2 aromatic rings. The molecular formula is C16H16Cl2N2. The smallest absolute Gasteiger partial charge is 0.0613 e. The number of rotatable bonds is 3. The first-order chi connectivity index (χ1) is 9.75. The SMILES string of the molecule is Clc1ccc(N(c2ccccc2)[C@H]2CCNC2)cc1Cl. The summed E-state index contributed by atoms with van der Waals surface area (Å²) in [6, 6.07) is 16.7. The second kappa shape index (κ2) is 6.04. The maximum atomic E-state index is 6.18. The average molecular weight is 307 g/mol. The lowest BCUT2D eigenvalue weighted by Crippen LogP contribution is -2.32. The van der Waals surface area contributed by atoms with Crippen LogP contribution in [0.25, 0.3) is 0 Å². The van der Waals surface area contributed by atoms with Crippen LogP contribution in [-0.4, -0.2) is 19.1 Å². The number of anilines is 2. The van der Waals surface area contributed by atoms with Crippen LogP contribution >= 0.6 is 23.2 Å². The fraction of sp³-hybridized carbons (Fsp3) is 0.250. The number of benzene rings is 2. The lowest BCUT2D eigenvalue weighted by atomic mass is 10.1. The Morgan fingerprint density at radius 1 is 0.950 bits per heavy atom. The van der Waals surface area contributed by atoms with E-state index in [4.69, 9.17) is 23.2 Å². The Morgan fingerprint density at radius 2 is 1.75 bits per heavy atom. The molecule has 0 aromatic heterocycles. The highest BCUT2D eigenvalue weighted by molar-refractivity contribution is 6.42. The second-order valence-corrected chi connectivity index (χ2v) is 5.76. The molecule has 20 heavy (non-hydrogen) atoms. The summed E-state index contributed by atoms with van der Waals surface area (Å²) in [4.78, 5) is 2.34. The van der Waals surface area contributed by atoms with Gasteiger partial charge in [0.25, 0.3) is 0 Å². The first-order valence-electron chi connectivity index (χ1n) is 6.76. The Balaban J connectivity index is 2.02. The van der Waals surface area contributed by atoms with Gasteiger partial charge in [-0.05, 0) is 43.3 Å². The van der Waals surface area contributed by atoms with Crippen molar-refractivity contribution in [3.8, 4) is 0 Å². The Bertz CT molecular complexity index is 580. The van der Waals surface area contributed by atoms with Crippen LogP contribution < -0.4 is 10.2 Å². The van der Waals surface area contributed by atoms with Crippen LogP contribution in [0.5, 0.6) is 0 Å². The van der Waals surface area contributed by atoms with Crippen molar-refractivity contribution in [1.82, 2.24) is 5.32 Å². The molecule has 1 saturated heterocycles. The van der Waals surface area contributed by atoms with E-state index in [0.717, 1.165) is 25.2 Å². The summed E-state index contributed by atoms with van der Waals surface area (Å²) in [6.07, 6.45) is 1.12. The zero-order valence-electron chi connectivity index (χ0n) is 11.0. The normalized spacial score (nSPS) is 18.2. The predicted octanol–water partition coefficient (Wildman–Crippen LogP) is 4.49. The van der Waals surface area contributed by atoms with Crippen molar-refractivity contribution in [2.45, 2.75) is 12.5 Å². The second-order valence-electron chi connectivity index (χ2n) is 4.95. The first-order valence-corrected chi connectivity index (χ1v) is 7.51. The van der Waals surface area contributed by atoms with Crippen LogP contribution in [0.3, 0.4) is 0 Å². The summed E-state index contributed by atoms with van der Waals surface area (Å²) in [5.74, 6) is 0. The van der Waals surface area contributed by atoms with E-state index >= 15 is 0 Å². The van der Waals surface area contributed by atoms with Crippen LogP contribution in [-0.2, 0) is 0 Å². The summed E-state index contributed by atoms with van der Waals surface area (Å²) in [7, 11) is 0. The molecule has 1 aliphatic rings. The third kappa shape index (κ3) is 2.78. The van der Waals surface area contributed by atoms with E-state index in [-0.39, 0.29) is 0 Å². The van der Waals surface area contributed by atoms with Gasteiger partial charge in [-0.25, -0.2) is 0 Å². The van der Waals surface area contributed by atoms with E-state index < -0.39 is 0 Å². The molecule has 1 fully saturated rings. The monoisotopic (exact) mass is 306 g/mol. The van der Waals surface area contributed by atoms with Gasteiger partial charge in [0, 0.05) is 24.0 Å². The van der Waals surface area contributed by atoms with E-state index in [1.54, 1.807) is 0 Å². The third-order valence-corrected chi connectivity index (χ3v) is 4.35. The van der Waals surface area contributed by atoms with Crippen LogP contribution in [0.15, 0.2) is 48.5 Å². The molecule has 1 aliphatic heterocycles. The molecule has 104 valence electrons. The molecule has 0 spiro atoms. The molecule has 2 aromatic carbocycles. The van der Waals surface area contributed by atoms with Crippen LogP contribution in [0.1, 0.15) is 6.42 Å². The molecule has 1 heterocycles. The minimum atomic E-state index is 0.439. The van der Waals surface area contributed by atoms with Crippen LogP contribution in [0.4, 0.5) is 11.4 Å². The maximum absolute atomic E-state index is 6.18. The van der Waals surface area contributed by atoms with Gasteiger partial charge in [0.05, 0.1) is 10.0 Å². The first kappa shape index (κ1) is 13.7. The van der Waals surface area contributed by atoms with Gasteiger partial charge < -0.3 is 10.2 Å². The highest BCUT2D eigenvalue weighted by Gasteiger charge is 2.24. The maximum Gasteiger partial charge on any atom is 0.0613 e. The summed E-state index contributed by atoms with van der Waals surface area (Å²) < 4.78 is 0. The number of halogens is 2. The molecule has 0 amide bonds. The molecule has 4 heteroatoms. The fourth-order valence-electron chi connectivity index (χ4n) is 2.65. The number of nitrogens with zero attached hydrogens (tertiary/aromatic N) is 1. The Kier molecular flexibility index (Phi) is 4.16. The van der Waals surface area contributed by atoms with E-state index in [1.807, 2.05) is 24.3 Å². The topological polar surface area (TPSA) is 15.3 Å². The van der Waals surface area contributed by atoms with Crippen molar-refractivity contribution in [3.63, 3.8) is 0 Å². The molecule has 2 nitrogen and oxygen atoms in total.